The Morgan fingerprint density at radius 3 is 2.71 bits per heavy atom. The zero-order valence-corrected chi connectivity index (χ0v) is 16.1. The van der Waals surface area contributed by atoms with Gasteiger partial charge in [0.15, 0.2) is 0 Å². The summed E-state index contributed by atoms with van der Waals surface area (Å²) in [6, 6.07) is 1.43. The Morgan fingerprint density at radius 2 is 2.04 bits per heavy atom. The van der Waals surface area contributed by atoms with Crippen molar-refractivity contribution in [3.05, 3.63) is 33.4 Å². The molecule has 1 aromatic heterocycles. The number of hydrogen-bond donors (Lipinski definition) is 1. The van der Waals surface area contributed by atoms with Gasteiger partial charge in [0.05, 0.1) is 19.3 Å². The maximum absolute atomic E-state index is 12.8. The van der Waals surface area contributed by atoms with E-state index in [2.05, 4.69) is 0 Å². The molecular formula is C20H22O8. The van der Waals surface area contributed by atoms with Crippen LogP contribution in [0.2, 0.25) is 0 Å². The predicted molar refractivity (Wildman–Crippen MR) is 92.6 cm³/mol. The van der Waals surface area contributed by atoms with Gasteiger partial charge in [0.25, 0.3) is 0 Å². The summed E-state index contributed by atoms with van der Waals surface area (Å²) in [5, 5.41) is 10.8. The number of methoxy groups -OCH3 is 1. The lowest BCUT2D eigenvalue weighted by Gasteiger charge is -2.50. The van der Waals surface area contributed by atoms with Crippen molar-refractivity contribution >= 4 is 11.9 Å². The van der Waals surface area contributed by atoms with Gasteiger partial charge in [-0.05, 0) is 25.0 Å². The van der Waals surface area contributed by atoms with Gasteiger partial charge in [-0.3, -0.25) is 9.59 Å². The van der Waals surface area contributed by atoms with Crippen LogP contribution in [-0.4, -0.2) is 48.6 Å². The number of epoxide rings is 1. The summed E-state index contributed by atoms with van der Waals surface area (Å²) in [6.45, 7) is 5.28. The molecule has 1 saturated carbocycles. The predicted octanol–water partition coefficient (Wildman–Crippen LogP) is 0.420. The summed E-state index contributed by atoms with van der Waals surface area (Å²) in [5.74, 6) is -1.85. The van der Waals surface area contributed by atoms with E-state index in [1.54, 1.807) is 13.8 Å². The van der Waals surface area contributed by atoms with Crippen LogP contribution in [0.3, 0.4) is 0 Å². The van der Waals surface area contributed by atoms with Crippen LogP contribution in [0.1, 0.15) is 43.6 Å². The van der Waals surface area contributed by atoms with Gasteiger partial charge in [0.2, 0.25) is 0 Å². The number of aliphatic hydroxyl groups is 1. The molecule has 2 aliphatic heterocycles. The van der Waals surface area contributed by atoms with Crippen LogP contribution in [0, 0.1) is 11.3 Å². The number of ether oxygens (including phenoxy) is 3. The highest BCUT2D eigenvalue weighted by molar-refractivity contribution is 5.82. The van der Waals surface area contributed by atoms with E-state index < -0.39 is 52.6 Å². The number of esters is 2. The van der Waals surface area contributed by atoms with Gasteiger partial charge in [-0.1, -0.05) is 6.92 Å². The maximum Gasteiger partial charge on any atom is 0.336 e. The second-order valence-corrected chi connectivity index (χ2v) is 8.72. The first-order valence-electron chi connectivity index (χ1n) is 9.45. The average Bonchev–Trinajstić information content (AvgIpc) is 3.42. The lowest BCUT2D eigenvalue weighted by atomic mass is 9.49. The summed E-state index contributed by atoms with van der Waals surface area (Å²) in [7, 11) is 1.28. The SMILES string of the molecule is COC(=O)[C@H](C)c1oc(=O)cc2c1C[C@H]1OC(=O)[C@@]3(C)[C@@H](O)[C@H]4O[C@H]4[C@@]2(C)[C@@H]13. The Morgan fingerprint density at radius 1 is 1.32 bits per heavy atom. The van der Waals surface area contributed by atoms with E-state index in [9.17, 15) is 19.5 Å². The van der Waals surface area contributed by atoms with Crippen LogP contribution in [0.15, 0.2) is 15.3 Å². The van der Waals surface area contributed by atoms with Crippen molar-refractivity contribution in [2.24, 2.45) is 11.3 Å². The molecule has 8 atom stereocenters. The van der Waals surface area contributed by atoms with Crippen LogP contribution in [0.5, 0.6) is 0 Å². The molecular weight excluding hydrogens is 368 g/mol. The van der Waals surface area contributed by atoms with E-state index in [0.29, 0.717) is 17.5 Å². The zero-order valence-electron chi connectivity index (χ0n) is 16.1. The number of hydrogen-bond acceptors (Lipinski definition) is 8. The third kappa shape index (κ3) is 1.85. The number of aliphatic hydroxyl groups excluding tert-OH is 1. The van der Waals surface area contributed by atoms with Crippen molar-refractivity contribution in [1.29, 1.82) is 0 Å². The van der Waals surface area contributed by atoms with Crippen molar-refractivity contribution < 1.29 is 33.3 Å². The molecule has 28 heavy (non-hydrogen) atoms. The molecule has 0 amide bonds. The largest absolute Gasteiger partial charge is 0.468 e. The van der Waals surface area contributed by atoms with E-state index in [1.807, 2.05) is 6.92 Å². The van der Waals surface area contributed by atoms with Crippen molar-refractivity contribution in [2.45, 2.75) is 62.9 Å². The summed E-state index contributed by atoms with van der Waals surface area (Å²) < 4.78 is 21.8. The van der Waals surface area contributed by atoms with Crippen LogP contribution in [0.25, 0.3) is 0 Å². The van der Waals surface area contributed by atoms with E-state index in [4.69, 9.17) is 18.6 Å². The molecule has 5 rings (SSSR count). The minimum Gasteiger partial charge on any atom is -0.468 e. The molecule has 3 heterocycles. The van der Waals surface area contributed by atoms with E-state index in [-0.39, 0.29) is 17.8 Å². The molecule has 0 bridgehead atoms. The fraction of sp³-hybridized carbons (Fsp3) is 0.650. The van der Waals surface area contributed by atoms with E-state index in [1.165, 1.54) is 13.2 Å². The quantitative estimate of drug-likeness (QED) is 0.571. The fourth-order valence-electron chi connectivity index (χ4n) is 6.07. The normalized spacial score (nSPS) is 43.3. The van der Waals surface area contributed by atoms with Crippen molar-refractivity contribution in [2.75, 3.05) is 7.11 Å². The lowest BCUT2D eigenvalue weighted by molar-refractivity contribution is -0.154. The van der Waals surface area contributed by atoms with E-state index >= 15 is 0 Å². The molecule has 3 fully saturated rings. The number of carbonyl (C=O) groups is 2. The smallest absolute Gasteiger partial charge is 0.336 e. The Labute approximate surface area is 160 Å². The van der Waals surface area contributed by atoms with Crippen LogP contribution < -0.4 is 5.63 Å². The minimum absolute atomic E-state index is 0.238. The molecule has 8 heteroatoms. The molecule has 0 radical (unpaired) electrons. The van der Waals surface area contributed by atoms with Gasteiger partial charge in [-0.25, -0.2) is 4.79 Å². The van der Waals surface area contributed by atoms with Crippen molar-refractivity contribution in [3.8, 4) is 0 Å². The molecule has 150 valence electrons. The molecule has 2 saturated heterocycles. The number of carbonyl (C=O) groups excluding carboxylic acids is 2. The van der Waals surface area contributed by atoms with Crippen molar-refractivity contribution in [1.82, 2.24) is 0 Å². The Balaban J connectivity index is 1.75. The minimum atomic E-state index is -1.11. The number of rotatable bonds is 2. The lowest BCUT2D eigenvalue weighted by Crippen LogP contribution is -2.62. The van der Waals surface area contributed by atoms with Gasteiger partial charge in [-0.2, -0.15) is 0 Å². The topological polar surface area (TPSA) is 116 Å². The molecule has 0 aromatic carbocycles. The van der Waals surface area contributed by atoms with Crippen LogP contribution in [-0.2, 0) is 35.6 Å². The molecule has 0 spiro atoms. The standard InChI is InChI=1S/C20H22O8/c1-7(17(23)25-4)12-8-5-10-14-19(2,9(8)6-11(21)27-12)16-13(28-16)15(22)20(14,3)18(24)26-10/h6-7,10,13-16,22H,5H2,1-4H3/t7-,10-,13-,14-,15+,16-,19-,20-/m1/s1. The first-order valence-corrected chi connectivity index (χ1v) is 9.45. The van der Waals surface area contributed by atoms with Gasteiger partial charge in [0, 0.05) is 23.8 Å². The molecule has 0 unspecified atom stereocenters. The van der Waals surface area contributed by atoms with Gasteiger partial charge in [-0.15, -0.1) is 0 Å². The second kappa shape index (κ2) is 5.24. The summed E-state index contributed by atoms with van der Waals surface area (Å²) in [5.41, 5.74) is -1.01. The van der Waals surface area contributed by atoms with E-state index in [0.717, 1.165) is 0 Å². The molecule has 4 aliphatic rings. The summed E-state index contributed by atoms with van der Waals surface area (Å²) in [4.78, 5) is 37.3. The van der Waals surface area contributed by atoms with Crippen LogP contribution in [0.4, 0.5) is 0 Å². The van der Waals surface area contributed by atoms with Gasteiger partial charge in [0.1, 0.15) is 29.3 Å². The van der Waals surface area contributed by atoms with Crippen LogP contribution >= 0.6 is 0 Å². The molecule has 2 aliphatic carbocycles. The highest BCUT2D eigenvalue weighted by atomic mass is 16.6. The zero-order chi connectivity index (χ0) is 20.2. The second-order valence-electron chi connectivity index (χ2n) is 8.72. The maximum atomic E-state index is 12.8. The van der Waals surface area contributed by atoms with Gasteiger partial charge < -0.3 is 23.7 Å². The molecule has 1 aromatic rings. The highest BCUT2D eigenvalue weighted by Gasteiger charge is 2.78. The monoisotopic (exact) mass is 390 g/mol. The average molecular weight is 390 g/mol. The third-order valence-corrected chi connectivity index (χ3v) is 7.43. The first kappa shape index (κ1) is 17.9. The summed E-state index contributed by atoms with van der Waals surface area (Å²) >= 11 is 0. The highest BCUT2D eigenvalue weighted by Crippen LogP contribution is 2.66. The molecule has 1 N–H and O–H groups in total. The van der Waals surface area contributed by atoms with Gasteiger partial charge >= 0.3 is 17.6 Å². The fourth-order valence-corrected chi connectivity index (χ4v) is 6.07. The summed E-state index contributed by atoms with van der Waals surface area (Å²) in [6.07, 6.45) is -1.96. The molecule has 8 nitrogen and oxygen atoms in total. The first-order chi connectivity index (χ1) is 13.1. The number of fused-ring (bicyclic) bond motifs is 4. The van der Waals surface area contributed by atoms with Crippen molar-refractivity contribution in [3.63, 3.8) is 0 Å². The third-order valence-electron chi connectivity index (χ3n) is 7.43. The Hall–Kier alpha value is -2.19. The Bertz CT molecular complexity index is 965. The Kier molecular flexibility index (Phi) is 3.35.